The molecule has 1 aliphatic heterocycles. The van der Waals surface area contributed by atoms with E-state index in [1.807, 2.05) is 23.2 Å². The molecule has 1 N–H and O–H groups in total. The SMILES string of the molecule is c1csc(-c2n[nH]c(C3CSc4ccccc43)n2)c1. The van der Waals surface area contributed by atoms with Gasteiger partial charge in [0, 0.05) is 10.6 Å². The molecule has 3 heterocycles. The Kier molecular flexibility index (Phi) is 2.67. The molecule has 0 bridgehead atoms. The molecule has 5 heteroatoms. The van der Waals surface area contributed by atoms with Crippen molar-refractivity contribution in [3.8, 4) is 10.7 Å². The predicted octanol–water partition coefficient (Wildman–Crippen LogP) is 3.77. The minimum atomic E-state index is 0.336. The molecule has 3 nitrogen and oxygen atoms in total. The number of nitrogens with one attached hydrogen (secondary N) is 1. The Morgan fingerprint density at radius 1 is 1.16 bits per heavy atom. The second kappa shape index (κ2) is 4.51. The van der Waals surface area contributed by atoms with Crippen LogP contribution in [0.4, 0.5) is 0 Å². The normalized spacial score (nSPS) is 17.6. The molecule has 4 rings (SSSR count). The number of hydrogen-bond acceptors (Lipinski definition) is 4. The van der Waals surface area contributed by atoms with Crippen molar-refractivity contribution in [2.45, 2.75) is 10.8 Å². The van der Waals surface area contributed by atoms with E-state index in [2.05, 4.69) is 45.5 Å². The molecule has 0 spiro atoms. The van der Waals surface area contributed by atoms with Gasteiger partial charge in [0.15, 0.2) is 5.82 Å². The van der Waals surface area contributed by atoms with Gasteiger partial charge in [0.1, 0.15) is 5.82 Å². The molecule has 0 aliphatic carbocycles. The summed E-state index contributed by atoms with van der Waals surface area (Å²) in [4.78, 5) is 7.14. The van der Waals surface area contributed by atoms with Crippen molar-refractivity contribution in [3.05, 3.63) is 53.2 Å². The first kappa shape index (κ1) is 11.3. The maximum Gasteiger partial charge on any atom is 0.191 e. The highest BCUT2D eigenvalue weighted by Crippen LogP contribution is 2.42. The molecule has 2 aromatic heterocycles. The van der Waals surface area contributed by atoms with Gasteiger partial charge < -0.3 is 0 Å². The summed E-state index contributed by atoms with van der Waals surface area (Å²) in [6.07, 6.45) is 0. The van der Waals surface area contributed by atoms with Crippen molar-refractivity contribution in [1.82, 2.24) is 15.2 Å². The summed E-state index contributed by atoms with van der Waals surface area (Å²) in [6.45, 7) is 0. The molecule has 1 atom stereocenters. The third-order valence-electron chi connectivity index (χ3n) is 3.27. The Labute approximate surface area is 119 Å². The van der Waals surface area contributed by atoms with Gasteiger partial charge in [-0.1, -0.05) is 24.3 Å². The molecule has 1 aromatic carbocycles. The van der Waals surface area contributed by atoms with Gasteiger partial charge in [0.25, 0.3) is 0 Å². The van der Waals surface area contributed by atoms with E-state index in [-0.39, 0.29) is 0 Å². The summed E-state index contributed by atoms with van der Waals surface area (Å²) in [6, 6.07) is 12.6. The summed E-state index contributed by atoms with van der Waals surface area (Å²) < 4.78 is 0. The van der Waals surface area contributed by atoms with E-state index >= 15 is 0 Å². The average Bonchev–Trinajstić information content (AvgIpc) is 3.18. The Morgan fingerprint density at radius 2 is 2.11 bits per heavy atom. The zero-order valence-corrected chi connectivity index (χ0v) is 11.7. The van der Waals surface area contributed by atoms with Crippen molar-refractivity contribution in [2.75, 3.05) is 5.75 Å². The minimum Gasteiger partial charge on any atom is -0.262 e. The van der Waals surface area contributed by atoms with E-state index in [1.54, 1.807) is 11.3 Å². The second-order valence-electron chi connectivity index (χ2n) is 4.42. The van der Waals surface area contributed by atoms with Gasteiger partial charge in [-0.15, -0.1) is 23.1 Å². The zero-order valence-electron chi connectivity index (χ0n) is 10.0. The van der Waals surface area contributed by atoms with E-state index in [4.69, 9.17) is 0 Å². The van der Waals surface area contributed by atoms with E-state index in [1.165, 1.54) is 10.5 Å². The molecule has 1 unspecified atom stereocenters. The Morgan fingerprint density at radius 3 is 3.00 bits per heavy atom. The fraction of sp³-hybridized carbons (Fsp3) is 0.143. The maximum atomic E-state index is 4.66. The van der Waals surface area contributed by atoms with Crippen molar-refractivity contribution in [1.29, 1.82) is 0 Å². The Balaban J connectivity index is 1.71. The molecule has 1 aliphatic rings. The topological polar surface area (TPSA) is 41.6 Å². The molecule has 94 valence electrons. The van der Waals surface area contributed by atoms with E-state index < -0.39 is 0 Å². The number of thioether (sulfide) groups is 1. The first-order valence-electron chi connectivity index (χ1n) is 6.10. The van der Waals surface area contributed by atoms with Crippen LogP contribution in [0, 0.1) is 0 Å². The van der Waals surface area contributed by atoms with Crippen LogP contribution in [-0.2, 0) is 0 Å². The number of thiophene rings is 1. The van der Waals surface area contributed by atoms with E-state index in [0.29, 0.717) is 5.92 Å². The third kappa shape index (κ3) is 1.89. The van der Waals surface area contributed by atoms with Gasteiger partial charge in [-0.25, -0.2) is 4.98 Å². The summed E-state index contributed by atoms with van der Waals surface area (Å²) >= 11 is 3.56. The lowest BCUT2D eigenvalue weighted by atomic mass is 10.0. The predicted molar refractivity (Wildman–Crippen MR) is 78.7 cm³/mol. The van der Waals surface area contributed by atoms with Gasteiger partial charge in [0.2, 0.25) is 0 Å². The average molecular weight is 285 g/mol. The maximum absolute atomic E-state index is 4.66. The standard InChI is InChI=1S/C14H11N3S2/c1-2-5-11-9(4-1)10(8-19-11)13-15-14(17-16-13)12-6-3-7-18-12/h1-7,10H,8H2,(H,15,16,17). The first-order chi connectivity index (χ1) is 9.42. The highest BCUT2D eigenvalue weighted by Gasteiger charge is 2.27. The summed E-state index contributed by atoms with van der Waals surface area (Å²) in [5.41, 5.74) is 1.36. The summed E-state index contributed by atoms with van der Waals surface area (Å²) in [5, 5.41) is 9.50. The largest absolute Gasteiger partial charge is 0.262 e. The fourth-order valence-corrected chi connectivity index (χ4v) is 4.23. The molecule has 0 amide bonds. The van der Waals surface area contributed by atoms with Gasteiger partial charge in [0.05, 0.1) is 10.8 Å². The van der Waals surface area contributed by atoms with E-state index in [0.717, 1.165) is 22.3 Å². The summed E-state index contributed by atoms with van der Waals surface area (Å²) in [5.74, 6) is 3.15. The minimum absolute atomic E-state index is 0.336. The number of H-pyrrole nitrogens is 1. The Hall–Kier alpha value is -1.59. The molecule has 0 fully saturated rings. The van der Waals surface area contributed by atoms with Gasteiger partial charge in [-0.2, -0.15) is 5.10 Å². The van der Waals surface area contributed by atoms with Crippen LogP contribution in [0.15, 0.2) is 46.7 Å². The number of rotatable bonds is 2. The monoisotopic (exact) mass is 285 g/mol. The third-order valence-corrected chi connectivity index (χ3v) is 5.32. The van der Waals surface area contributed by atoms with Gasteiger partial charge >= 0.3 is 0 Å². The molecular weight excluding hydrogens is 274 g/mol. The van der Waals surface area contributed by atoms with Gasteiger partial charge in [-0.3, -0.25) is 5.10 Å². The number of benzene rings is 1. The molecular formula is C14H11N3S2. The van der Waals surface area contributed by atoms with Crippen LogP contribution in [0.1, 0.15) is 17.3 Å². The fourth-order valence-electron chi connectivity index (χ4n) is 2.34. The van der Waals surface area contributed by atoms with Crippen molar-refractivity contribution < 1.29 is 0 Å². The number of hydrogen-bond donors (Lipinski definition) is 1. The number of nitrogens with zero attached hydrogens (tertiary/aromatic N) is 2. The van der Waals surface area contributed by atoms with Crippen LogP contribution >= 0.6 is 23.1 Å². The second-order valence-corrected chi connectivity index (χ2v) is 6.43. The molecule has 0 saturated carbocycles. The lowest BCUT2D eigenvalue weighted by molar-refractivity contribution is 0.834. The van der Waals surface area contributed by atoms with Crippen LogP contribution in [0.3, 0.4) is 0 Å². The van der Waals surface area contributed by atoms with Crippen molar-refractivity contribution in [3.63, 3.8) is 0 Å². The van der Waals surface area contributed by atoms with Crippen LogP contribution < -0.4 is 0 Å². The molecule has 19 heavy (non-hydrogen) atoms. The van der Waals surface area contributed by atoms with Crippen LogP contribution in [0.5, 0.6) is 0 Å². The van der Waals surface area contributed by atoms with Crippen molar-refractivity contribution >= 4 is 23.1 Å². The summed E-state index contributed by atoms with van der Waals surface area (Å²) in [7, 11) is 0. The number of fused-ring (bicyclic) bond motifs is 1. The van der Waals surface area contributed by atoms with Gasteiger partial charge in [-0.05, 0) is 23.1 Å². The highest BCUT2D eigenvalue weighted by molar-refractivity contribution is 7.99. The van der Waals surface area contributed by atoms with Crippen LogP contribution in [0.2, 0.25) is 0 Å². The quantitative estimate of drug-likeness (QED) is 0.779. The molecule has 3 aromatic rings. The lowest BCUT2D eigenvalue weighted by Crippen LogP contribution is -2.01. The van der Waals surface area contributed by atoms with Crippen LogP contribution in [-0.4, -0.2) is 20.9 Å². The highest BCUT2D eigenvalue weighted by atomic mass is 32.2. The molecule has 0 radical (unpaired) electrons. The first-order valence-corrected chi connectivity index (χ1v) is 7.96. The van der Waals surface area contributed by atoms with E-state index in [9.17, 15) is 0 Å². The zero-order chi connectivity index (χ0) is 12.7. The Bertz CT molecular complexity index is 703. The van der Waals surface area contributed by atoms with Crippen molar-refractivity contribution in [2.24, 2.45) is 0 Å². The van der Waals surface area contributed by atoms with Crippen LogP contribution in [0.25, 0.3) is 10.7 Å². The smallest absolute Gasteiger partial charge is 0.191 e. The molecule has 0 saturated heterocycles. The number of aromatic amines is 1. The number of aromatic nitrogens is 3. The lowest BCUT2D eigenvalue weighted by Gasteiger charge is -2.05.